The van der Waals surface area contributed by atoms with Crippen LogP contribution in [0.15, 0.2) is 66.2 Å². The van der Waals surface area contributed by atoms with E-state index in [4.69, 9.17) is 0 Å². The second-order valence-electron chi connectivity index (χ2n) is 6.87. The molecular formula is C22H22N4O2S. The Morgan fingerprint density at radius 2 is 1.76 bits per heavy atom. The summed E-state index contributed by atoms with van der Waals surface area (Å²) < 4.78 is 0. The van der Waals surface area contributed by atoms with E-state index in [1.54, 1.807) is 6.20 Å². The summed E-state index contributed by atoms with van der Waals surface area (Å²) in [4.78, 5) is 34.0. The van der Waals surface area contributed by atoms with E-state index in [1.807, 2.05) is 64.9 Å². The molecule has 0 unspecified atom stereocenters. The number of aromatic nitrogens is 1. The number of nitrogens with one attached hydrogen (secondary N) is 1. The molecule has 3 heterocycles. The summed E-state index contributed by atoms with van der Waals surface area (Å²) in [5.41, 5.74) is 1.66. The molecule has 0 atom stereocenters. The van der Waals surface area contributed by atoms with Gasteiger partial charge in [-0.25, -0.2) is 4.98 Å². The first-order valence-corrected chi connectivity index (χ1v) is 10.4. The van der Waals surface area contributed by atoms with E-state index in [0.29, 0.717) is 25.2 Å². The number of amides is 2. The van der Waals surface area contributed by atoms with Crippen LogP contribution in [0.3, 0.4) is 0 Å². The Hall–Kier alpha value is -3.19. The lowest BCUT2D eigenvalue weighted by atomic mass is 10.1. The summed E-state index contributed by atoms with van der Waals surface area (Å²) in [7, 11) is 0. The standard InChI is InChI=1S/C22H22N4O2S/c27-21(15-17-5-2-1-3-6-17)24-18-8-9-20(23-16-18)25-10-12-26(13-11-25)22(28)19-7-4-14-29-19/h1-9,14,16H,10-13,15H2,(H,24,27). The molecule has 7 heteroatoms. The topological polar surface area (TPSA) is 65.5 Å². The number of thiophene rings is 1. The maximum atomic E-state index is 12.4. The largest absolute Gasteiger partial charge is 0.353 e. The van der Waals surface area contributed by atoms with Gasteiger partial charge in [0.1, 0.15) is 5.82 Å². The van der Waals surface area contributed by atoms with Crippen molar-refractivity contribution in [3.63, 3.8) is 0 Å². The summed E-state index contributed by atoms with van der Waals surface area (Å²) in [6, 6.07) is 17.2. The zero-order valence-electron chi connectivity index (χ0n) is 16.0. The summed E-state index contributed by atoms with van der Waals surface area (Å²) in [6.07, 6.45) is 2.02. The second-order valence-corrected chi connectivity index (χ2v) is 7.82. The molecule has 2 amide bonds. The molecule has 4 rings (SSSR count). The Bertz CT molecular complexity index is 950. The molecule has 1 N–H and O–H groups in total. The Kier molecular flexibility index (Phi) is 5.86. The molecule has 1 saturated heterocycles. The number of hydrogen-bond acceptors (Lipinski definition) is 5. The van der Waals surface area contributed by atoms with E-state index >= 15 is 0 Å². The highest BCUT2D eigenvalue weighted by atomic mass is 32.1. The van der Waals surface area contributed by atoms with Crippen LogP contribution < -0.4 is 10.2 Å². The van der Waals surface area contributed by atoms with Gasteiger partial charge >= 0.3 is 0 Å². The zero-order valence-corrected chi connectivity index (χ0v) is 16.8. The fourth-order valence-corrected chi connectivity index (χ4v) is 4.02. The van der Waals surface area contributed by atoms with Crippen molar-refractivity contribution in [2.24, 2.45) is 0 Å². The van der Waals surface area contributed by atoms with E-state index in [9.17, 15) is 9.59 Å². The van der Waals surface area contributed by atoms with Crippen LogP contribution in [0.25, 0.3) is 0 Å². The van der Waals surface area contributed by atoms with Gasteiger partial charge in [-0.15, -0.1) is 11.3 Å². The van der Waals surface area contributed by atoms with Gasteiger partial charge in [-0.3, -0.25) is 9.59 Å². The number of nitrogens with zero attached hydrogens (tertiary/aromatic N) is 3. The SMILES string of the molecule is O=C(Cc1ccccc1)Nc1ccc(N2CCN(C(=O)c3cccs3)CC2)nc1. The molecule has 0 aliphatic carbocycles. The van der Waals surface area contributed by atoms with Gasteiger partial charge in [-0.05, 0) is 29.1 Å². The van der Waals surface area contributed by atoms with Crippen LogP contribution >= 0.6 is 11.3 Å². The van der Waals surface area contributed by atoms with E-state index in [-0.39, 0.29) is 11.8 Å². The summed E-state index contributed by atoms with van der Waals surface area (Å²) in [6.45, 7) is 2.83. The lowest BCUT2D eigenvalue weighted by Gasteiger charge is -2.35. The van der Waals surface area contributed by atoms with E-state index < -0.39 is 0 Å². The number of hydrogen-bond donors (Lipinski definition) is 1. The highest BCUT2D eigenvalue weighted by Gasteiger charge is 2.23. The van der Waals surface area contributed by atoms with Crippen LogP contribution in [0.5, 0.6) is 0 Å². The molecule has 1 aromatic carbocycles. The van der Waals surface area contributed by atoms with Crippen molar-refractivity contribution in [3.8, 4) is 0 Å². The third kappa shape index (κ3) is 4.81. The van der Waals surface area contributed by atoms with Crippen molar-refractivity contribution in [1.29, 1.82) is 0 Å². The van der Waals surface area contributed by atoms with E-state index in [1.165, 1.54) is 11.3 Å². The normalized spacial score (nSPS) is 13.9. The molecule has 1 aliphatic heterocycles. The van der Waals surface area contributed by atoms with Crippen molar-refractivity contribution >= 4 is 34.7 Å². The third-order valence-electron chi connectivity index (χ3n) is 4.86. The van der Waals surface area contributed by atoms with Crippen molar-refractivity contribution in [3.05, 3.63) is 76.6 Å². The fraction of sp³-hybridized carbons (Fsp3) is 0.227. The smallest absolute Gasteiger partial charge is 0.264 e. The predicted octanol–water partition coefficient (Wildman–Crippen LogP) is 3.29. The second kappa shape index (κ2) is 8.87. The number of piperazine rings is 1. The minimum Gasteiger partial charge on any atom is -0.353 e. The number of carbonyl (C=O) groups excluding carboxylic acids is 2. The molecule has 6 nitrogen and oxygen atoms in total. The molecule has 148 valence electrons. The zero-order chi connectivity index (χ0) is 20.1. The molecule has 2 aromatic heterocycles. The van der Waals surface area contributed by atoms with E-state index in [0.717, 1.165) is 29.3 Å². The maximum Gasteiger partial charge on any atom is 0.264 e. The van der Waals surface area contributed by atoms with Crippen LogP contribution in [0.1, 0.15) is 15.2 Å². The summed E-state index contributed by atoms with van der Waals surface area (Å²) in [5.74, 6) is 0.893. The van der Waals surface area contributed by atoms with Crippen LogP contribution in [0, 0.1) is 0 Å². The van der Waals surface area contributed by atoms with Gasteiger partial charge in [0.25, 0.3) is 5.91 Å². The maximum absolute atomic E-state index is 12.4. The third-order valence-corrected chi connectivity index (χ3v) is 5.72. The van der Waals surface area contributed by atoms with Crippen molar-refractivity contribution in [2.45, 2.75) is 6.42 Å². The minimum atomic E-state index is -0.0635. The molecule has 1 fully saturated rings. The number of benzene rings is 1. The lowest BCUT2D eigenvalue weighted by Crippen LogP contribution is -2.48. The number of carbonyl (C=O) groups is 2. The summed E-state index contributed by atoms with van der Waals surface area (Å²) >= 11 is 1.48. The molecular weight excluding hydrogens is 384 g/mol. The molecule has 0 spiro atoms. The molecule has 0 saturated carbocycles. The first-order valence-electron chi connectivity index (χ1n) is 9.56. The first kappa shape index (κ1) is 19.1. The highest BCUT2D eigenvalue weighted by molar-refractivity contribution is 7.12. The average Bonchev–Trinajstić information content (AvgIpc) is 3.29. The van der Waals surface area contributed by atoms with Gasteiger partial charge in [-0.2, -0.15) is 0 Å². The van der Waals surface area contributed by atoms with Gasteiger partial charge in [0.2, 0.25) is 5.91 Å². The fourth-order valence-electron chi connectivity index (χ4n) is 3.33. The van der Waals surface area contributed by atoms with E-state index in [2.05, 4.69) is 15.2 Å². The van der Waals surface area contributed by atoms with Crippen LogP contribution in [-0.4, -0.2) is 47.9 Å². The van der Waals surface area contributed by atoms with Gasteiger partial charge in [-0.1, -0.05) is 36.4 Å². The van der Waals surface area contributed by atoms with Gasteiger partial charge in [0.05, 0.1) is 23.2 Å². The van der Waals surface area contributed by atoms with Gasteiger partial charge in [0, 0.05) is 26.2 Å². The number of anilines is 2. The minimum absolute atomic E-state index is 0.0635. The molecule has 0 bridgehead atoms. The molecule has 3 aromatic rings. The molecule has 1 aliphatic rings. The van der Waals surface area contributed by atoms with Crippen molar-refractivity contribution < 1.29 is 9.59 Å². The summed E-state index contributed by atoms with van der Waals surface area (Å²) in [5, 5.41) is 4.81. The predicted molar refractivity (Wildman–Crippen MR) is 115 cm³/mol. The number of rotatable bonds is 5. The quantitative estimate of drug-likeness (QED) is 0.706. The van der Waals surface area contributed by atoms with Crippen LogP contribution in [0.2, 0.25) is 0 Å². The number of pyridine rings is 1. The Morgan fingerprint density at radius 1 is 0.966 bits per heavy atom. The lowest BCUT2D eigenvalue weighted by molar-refractivity contribution is -0.115. The first-order chi connectivity index (χ1) is 14.2. The van der Waals surface area contributed by atoms with Gasteiger partial charge in [0.15, 0.2) is 0 Å². The van der Waals surface area contributed by atoms with Crippen LogP contribution in [-0.2, 0) is 11.2 Å². The molecule has 0 radical (unpaired) electrons. The Morgan fingerprint density at radius 3 is 2.41 bits per heavy atom. The van der Waals surface area contributed by atoms with Crippen molar-refractivity contribution in [2.75, 3.05) is 36.4 Å². The Labute approximate surface area is 173 Å². The van der Waals surface area contributed by atoms with Gasteiger partial charge < -0.3 is 15.1 Å². The van der Waals surface area contributed by atoms with Crippen molar-refractivity contribution in [1.82, 2.24) is 9.88 Å². The Balaban J connectivity index is 1.29. The van der Waals surface area contributed by atoms with Crippen LogP contribution in [0.4, 0.5) is 11.5 Å². The monoisotopic (exact) mass is 406 g/mol. The molecule has 29 heavy (non-hydrogen) atoms. The average molecular weight is 407 g/mol. The highest BCUT2D eigenvalue weighted by Crippen LogP contribution is 2.18.